The van der Waals surface area contributed by atoms with Gasteiger partial charge in [-0.2, -0.15) is 0 Å². The highest BCUT2D eigenvalue weighted by molar-refractivity contribution is 4.80. The Balaban J connectivity index is 1.74. The summed E-state index contributed by atoms with van der Waals surface area (Å²) >= 11 is 0. The third-order valence-electron chi connectivity index (χ3n) is 4.06. The second kappa shape index (κ2) is 6.69. The van der Waals surface area contributed by atoms with Crippen molar-refractivity contribution in [2.45, 2.75) is 31.9 Å². The van der Waals surface area contributed by atoms with Crippen LogP contribution in [0.25, 0.3) is 0 Å². The zero-order valence-electron chi connectivity index (χ0n) is 11.3. The van der Waals surface area contributed by atoms with Gasteiger partial charge in [0.25, 0.3) is 0 Å². The molecule has 0 radical (unpaired) electrons. The number of likely N-dealkylation sites (N-methyl/N-ethyl adjacent to an activating group) is 2. The SMILES string of the molecule is CCN1CCOC(CN(C)C2CCCNC2)C1. The van der Waals surface area contributed by atoms with Crippen molar-refractivity contribution in [3.05, 3.63) is 0 Å². The van der Waals surface area contributed by atoms with Gasteiger partial charge in [0, 0.05) is 32.2 Å². The van der Waals surface area contributed by atoms with E-state index in [2.05, 4.69) is 29.1 Å². The van der Waals surface area contributed by atoms with E-state index in [0.29, 0.717) is 12.1 Å². The van der Waals surface area contributed by atoms with Crippen molar-refractivity contribution >= 4 is 0 Å². The lowest BCUT2D eigenvalue weighted by atomic mass is 10.1. The summed E-state index contributed by atoms with van der Waals surface area (Å²) in [5.41, 5.74) is 0. The van der Waals surface area contributed by atoms with Gasteiger partial charge in [-0.3, -0.25) is 9.80 Å². The van der Waals surface area contributed by atoms with E-state index in [4.69, 9.17) is 4.74 Å². The number of ether oxygens (including phenoxy) is 1. The molecule has 2 fully saturated rings. The maximum atomic E-state index is 5.87. The molecule has 17 heavy (non-hydrogen) atoms. The highest BCUT2D eigenvalue weighted by Crippen LogP contribution is 2.12. The summed E-state index contributed by atoms with van der Waals surface area (Å²) in [6.45, 7) is 9.88. The van der Waals surface area contributed by atoms with E-state index in [1.54, 1.807) is 0 Å². The first-order valence-electron chi connectivity index (χ1n) is 7.04. The van der Waals surface area contributed by atoms with E-state index in [9.17, 15) is 0 Å². The van der Waals surface area contributed by atoms with Crippen molar-refractivity contribution in [1.82, 2.24) is 15.1 Å². The number of hydrogen-bond acceptors (Lipinski definition) is 4. The van der Waals surface area contributed by atoms with Crippen molar-refractivity contribution in [2.75, 3.05) is 52.9 Å². The molecule has 2 aliphatic heterocycles. The molecular formula is C13H27N3O. The van der Waals surface area contributed by atoms with E-state index in [1.165, 1.54) is 19.4 Å². The number of nitrogens with one attached hydrogen (secondary N) is 1. The van der Waals surface area contributed by atoms with Crippen molar-refractivity contribution in [1.29, 1.82) is 0 Å². The van der Waals surface area contributed by atoms with Crippen molar-refractivity contribution < 1.29 is 4.74 Å². The zero-order chi connectivity index (χ0) is 12.1. The van der Waals surface area contributed by atoms with Crippen LogP contribution in [0.3, 0.4) is 0 Å². The Hall–Kier alpha value is -0.160. The van der Waals surface area contributed by atoms with Gasteiger partial charge < -0.3 is 10.1 Å². The molecule has 0 spiro atoms. The minimum atomic E-state index is 0.399. The molecule has 0 aromatic heterocycles. The van der Waals surface area contributed by atoms with Gasteiger partial charge in [0.2, 0.25) is 0 Å². The molecule has 0 bridgehead atoms. The third-order valence-corrected chi connectivity index (χ3v) is 4.06. The summed E-state index contributed by atoms with van der Waals surface area (Å²) in [6.07, 6.45) is 3.03. The summed E-state index contributed by atoms with van der Waals surface area (Å²) in [6, 6.07) is 0.698. The topological polar surface area (TPSA) is 27.7 Å². The second-order valence-electron chi connectivity index (χ2n) is 5.33. The number of rotatable bonds is 4. The molecular weight excluding hydrogens is 214 g/mol. The zero-order valence-corrected chi connectivity index (χ0v) is 11.3. The van der Waals surface area contributed by atoms with Crippen LogP contribution in [0.1, 0.15) is 19.8 Å². The molecule has 2 heterocycles. The lowest BCUT2D eigenvalue weighted by Crippen LogP contribution is -2.51. The van der Waals surface area contributed by atoms with E-state index in [1.807, 2.05) is 0 Å². The lowest BCUT2D eigenvalue weighted by molar-refractivity contribution is -0.0443. The predicted octanol–water partition coefficient (Wildman–Crippen LogP) is 0.391. The maximum absolute atomic E-state index is 5.87. The summed E-state index contributed by atoms with van der Waals surface area (Å²) in [5, 5.41) is 3.48. The Morgan fingerprint density at radius 2 is 2.35 bits per heavy atom. The molecule has 2 saturated heterocycles. The molecule has 0 amide bonds. The van der Waals surface area contributed by atoms with E-state index in [-0.39, 0.29) is 0 Å². The molecule has 2 rings (SSSR count). The summed E-state index contributed by atoms with van der Waals surface area (Å²) in [7, 11) is 2.24. The minimum Gasteiger partial charge on any atom is -0.374 e. The van der Waals surface area contributed by atoms with Gasteiger partial charge in [0.05, 0.1) is 12.7 Å². The van der Waals surface area contributed by atoms with Crippen molar-refractivity contribution in [3.63, 3.8) is 0 Å². The largest absolute Gasteiger partial charge is 0.374 e. The van der Waals surface area contributed by atoms with Gasteiger partial charge in [-0.05, 0) is 33.0 Å². The van der Waals surface area contributed by atoms with Crippen LogP contribution in [0, 0.1) is 0 Å². The molecule has 4 heteroatoms. The number of hydrogen-bond donors (Lipinski definition) is 1. The Labute approximate surface area is 105 Å². The molecule has 0 aromatic carbocycles. The fourth-order valence-electron chi connectivity index (χ4n) is 2.86. The van der Waals surface area contributed by atoms with Gasteiger partial charge in [0.1, 0.15) is 0 Å². The van der Waals surface area contributed by atoms with Crippen LogP contribution in [0.4, 0.5) is 0 Å². The molecule has 2 unspecified atom stereocenters. The first kappa shape index (κ1) is 13.3. The molecule has 0 saturated carbocycles. The van der Waals surface area contributed by atoms with Gasteiger partial charge in [-0.25, -0.2) is 0 Å². The Bertz CT molecular complexity index is 219. The Morgan fingerprint density at radius 3 is 3.06 bits per heavy atom. The van der Waals surface area contributed by atoms with Crippen LogP contribution in [-0.4, -0.2) is 74.9 Å². The van der Waals surface area contributed by atoms with Crippen LogP contribution in [-0.2, 0) is 4.74 Å². The fraction of sp³-hybridized carbons (Fsp3) is 1.00. The van der Waals surface area contributed by atoms with E-state index in [0.717, 1.165) is 39.3 Å². The Kier molecular flexibility index (Phi) is 5.22. The molecule has 1 N–H and O–H groups in total. The smallest absolute Gasteiger partial charge is 0.0829 e. The molecule has 0 aliphatic carbocycles. The van der Waals surface area contributed by atoms with Gasteiger partial charge in [-0.15, -0.1) is 0 Å². The third kappa shape index (κ3) is 3.91. The Morgan fingerprint density at radius 1 is 1.47 bits per heavy atom. The van der Waals surface area contributed by atoms with Crippen LogP contribution >= 0.6 is 0 Å². The average molecular weight is 241 g/mol. The predicted molar refractivity (Wildman–Crippen MR) is 70.4 cm³/mol. The summed E-state index contributed by atoms with van der Waals surface area (Å²) in [5.74, 6) is 0. The van der Waals surface area contributed by atoms with Gasteiger partial charge in [0.15, 0.2) is 0 Å². The highest BCUT2D eigenvalue weighted by atomic mass is 16.5. The van der Waals surface area contributed by atoms with Gasteiger partial charge >= 0.3 is 0 Å². The number of nitrogens with zero attached hydrogens (tertiary/aromatic N) is 2. The van der Waals surface area contributed by atoms with Crippen LogP contribution in [0.15, 0.2) is 0 Å². The van der Waals surface area contributed by atoms with E-state index >= 15 is 0 Å². The van der Waals surface area contributed by atoms with Crippen LogP contribution in [0.5, 0.6) is 0 Å². The minimum absolute atomic E-state index is 0.399. The molecule has 2 aliphatic rings. The summed E-state index contributed by atoms with van der Waals surface area (Å²) in [4.78, 5) is 4.97. The summed E-state index contributed by atoms with van der Waals surface area (Å²) < 4.78 is 5.87. The quantitative estimate of drug-likeness (QED) is 0.771. The molecule has 4 nitrogen and oxygen atoms in total. The van der Waals surface area contributed by atoms with Crippen LogP contribution < -0.4 is 5.32 Å². The highest BCUT2D eigenvalue weighted by Gasteiger charge is 2.24. The normalized spacial score (nSPS) is 31.9. The average Bonchev–Trinajstić information content (AvgIpc) is 2.40. The first-order valence-corrected chi connectivity index (χ1v) is 7.04. The maximum Gasteiger partial charge on any atom is 0.0829 e. The standard InChI is InChI=1S/C13H27N3O/c1-3-16-7-8-17-13(11-16)10-15(2)12-5-4-6-14-9-12/h12-14H,3-11H2,1-2H3. The van der Waals surface area contributed by atoms with Crippen molar-refractivity contribution in [2.24, 2.45) is 0 Å². The number of morpholine rings is 1. The lowest BCUT2D eigenvalue weighted by Gasteiger charge is -2.37. The number of piperidine rings is 1. The molecule has 2 atom stereocenters. The fourth-order valence-corrected chi connectivity index (χ4v) is 2.86. The second-order valence-corrected chi connectivity index (χ2v) is 5.33. The van der Waals surface area contributed by atoms with Crippen LogP contribution in [0.2, 0.25) is 0 Å². The van der Waals surface area contributed by atoms with Crippen molar-refractivity contribution in [3.8, 4) is 0 Å². The first-order chi connectivity index (χ1) is 8.29. The molecule has 100 valence electrons. The monoisotopic (exact) mass is 241 g/mol. The van der Waals surface area contributed by atoms with E-state index < -0.39 is 0 Å². The van der Waals surface area contributed by atoms with Gasteiger partial charge in [-0.1, -0.05) is 6.92 Å². The molecule has 0 aromatic rings.